The summed E-state index contributed by atoms with van der Waals surface area (Å²) >= 11 is 0. The molecule has 0 aliphatic carbocycles. The molecule has 1 saturated heterocycles. The fourth-order valence-electron chi connectivity index (χ4n) is 2.58. The lowest BCUT2D eigenvalue weighted by Gasteiger charge is -2.09. The Bertz CT molecular complexity index is 645. The molecule has 1 aliphatic heterocycles. The minimum absolute atomic E-state index is 0.132. The lowest BCUT2D eigenvalue weighted by atomic mass is 10.1. The Labute approximate surface area is 135 Å². The van der Waals surface area contributed by atoms with Crippen molar-refractivity contribution in [1.29, 1.82) is 0 Å². The van der Waals surface area contributed by atoms with Crippen LogP contribution >= 0.6 is 0 Å². The van der Waals surface area contributed by atoms with Crippen molar-refractivity contribution < 1.29 is 14.3 Å². The largest absolute Gasteiger partial charge is 0.494 e. The van der Waals surface area contributed by atoms with Gasteiger partial charge in [0, 0.05) is 18.7 Å². The maximum Gasteiger partial charge on any atom is 0.269 e. The van der Waals surface area contributed by atoms with Crippen molar-refractivity contribution in [2.75, 3.05) is 19.8 Å². The quantitative estimate of drug-likeness (QED) is 0.858. The summed E-state index contributed by atoms with van der Waals surface area (Å²) in [6.45, 7) is 3.91. The van der Waals surface area contributed by atoms with E-state index in [1.54, 1.807) is 6.07 Å². The smallest absolute Gasteiger partial charge is 0.269 e. The molecule has 1 aromatic carbocycles. The van der Waals surface area contributed by atoms with E-state index in [9.17, 15) is 4.79 Å². The van der Waals surface area contributed by atoms with E-state index in [4.69, 9.17) is 9.47 Å². The van der Waals surface area contributed by atoms with Crippen molar-refractivity contribution >= 4 is 5.91 Å². The molecular formula is C17H21N3O3. The number of aromatic nitrogens is 2. The summed E-state index contributed by atoms with van der Waals surface area (Å²) in [5.41, 5.74) is 2.12. The van der Waals surface area contributed by atoms with Gasteiger partial charge in [-0.05, 0) is 50.1 Å². The van der Waals surface area contributed by atoms with Gasteiger partial charge in [-0.3, -0.25) is 9.89 Å². The highest BCUT2D eigenvalue weighted by Gasteiger charge is 2.17. The average molecular weight is 315 g/mol. The van der Waals surface area contributed by atoms with Crippen LogP contribution in [0.2, 0.25) is 0 Å². The number of nitrogens with zero attached hydrogens (tertiary/aromatic N) is 1. The number of nitrogens with one attached hydrogen (secondary N) is 2. The van der Waals surface area contributed by atoms with Gasteiger partial charge in [0.25, 0.3) is 5.91 Å². The minimum atomic E-state index is -0.162. The molecule has 2 heterocycles. The van der Waals surface area contributed by atoms with Gasteiger partial charge in [-0.2, -0.15) is 5.10 Å². The van der Waals surface area contributed by atoms with Crippen molar-refractivity contribution in [3.8, 4) is 17.0 Å². The Morgan fingerprint density at radius 1 is 1.43 bits per heavy atom. The van der Waals surface area contributed by atoms with Gasteiger partial charge in [0.2, 0.25) is 0 Å². The fourth-order valence-corrected chi connectivity index (χ4v) is 2.58. The van der Waals surface area contributed by atoms with E-state index in [-0.39, 0.29) is 12.0 Å². The molecule has 0 saturated carbocycles. The molecule has 1 aromatic heterocycles. The summed E-state index contributed by atoms with van der Waals surface area (Å²) in [4.78, 5) is 12.1. The second kappa shape index (κ2) is 7.28. The molecule has 122 valence electrons. The van der Waals surface area contributed by atoms with Crippen molar-refractivity contribution in [1.82, 2.24) is 15.5 Å². The molecule has 23 heavy (non-hydrogen) atoms. The third-order valence-electron chi connectivity index (χ3n) is 3.80. The predicted molar refractivity (Wildman–Crippen MR) is 86.5 cm³/mol. The van der Waals surface area contributed by atoms with Crippen LogP contribution in [0.1, 0.15) is 30.3 Å². The topological polar surface area (TPSA) is 76.2 Å². The van der Waals surface area contributed by atoms with Crippen molar-refractivity contribution in [2.24, 2.45) is 0 Å². The van der Waals surface area contributed by atoms with E-state index in [0.717, 1.165) is 36.5 Å². The molecule has 2 N–H and O–H groups in total. The first kappa shape index (κ1) is 15.6. The van der Waals surface area contributed by atoms with E-state index in [0.29, 0.717) is 18.8 Å². The molecule has 1 fully saturated rings. The zero-order valence-corrected chi connectivity index (χ0v) is 13.2. The lowest BCUT2D eigenvalue weighted by molar-refractivity contribution is 0.0853. The molecule has 6 nitrogen and oxygen atoms in total. The maximum atomic E-state index is 12.1. The number of amides is 1. The first-order valence-electron chi connectivity index (χ1n) is 7.94. The summed E-state index contributed by atoms with van der Waals surface area (Å²) in [5.74, 6) is 0.659. The number of H-pyrrole nitrogens is 1. The normalized spacial score (nSPS) is 17.2. The van der Waals surface area contributed by atoms with Crippen LogP contribution in [0.4, 0.5) is 0 Å². The molecule has 6 heteroatoms. The van der Waals surface area contributed by atoms with E-state index in [1.807, 2.05) is 31.2 Å². The van der Waals surface area contributed by atoms with Gasteiger partial charge in [0.15, 0.2) is 0 Å². The van der Waals surface area contributed by atoms with Crippen LogP contribution < -0.4 is 10.1 Å². The summed E-state index contributed by atoms with van der Waals surface area (Å²) in [5, 5.41) is 9.87. The number of rotatable bonds is 6. The number of carbonyl (C=O) groups excluding carboxylic acids is 1. The van der Waals surface area contributed by atoms with Crippen molar-refractivity contribution in [2.45, 2.75) is 25.9 Å². The molecule has 2 aromatic rings. The van der Waals surface area contributed by atoms with Crippen molar-refractivity contribution in [3.05, 3.63) is 36.0 Å². The lowest BCUT2D eigenvalue weighted by Crippen LogP contribution is -2.31. The highest BCUT2D eigenvalue weighted by molar-refractivity contribution is 5.93. The number of aromatic amines is 1. The Morgan fingerprint density at radius 2 is 2.26 bits per heavy atom. The molecule has 0 bridgehead atoms. The minimum Gasteiger partial charge on any atom is -0.494 e. The second-order valence-corrected chi connectivity index (χ2v) is 5.47. The van der Waals surface area contributed by atoms with Gasteiger partial charge in [-0.15, -0.1) is 0 Å². The highest BCUT2D eigenvalue weighted by Crippen LogP contribution is 2.21. The first-order chi connectivity index (χ1) is 11.3. The second-order valence-electron chi connectivity index (χ2n) is 5.47. The molecule has 3 rings (SSSR count). The van der Waals surface area contributed by atoms with Crippen LogP contribution in [-0.2, 0) is 4.74 Å². The summed E-state index contributed by atoms with van der Waals surface area (Å²) < 4.78 is 10.9. The van der Waals surface area contributed by atoms with E-state index < -0.39 is 0 Å². The van der Waals surface area contributed by atoms with Gasteiger partial charge in [0.1, 0.15) is 11.4 Å². The number of carbonyl (C=O) groups is 1. The highest BCUT2D eigenvalue weighted by atomic mass is 16.5. The average Bonchev–Trinajstić information content (AvgIpc) is 3.25. The zero-order chi connectivity index (χ0) is 16.1. The third-order valence-corrected chi connectivity index (χ3v) is 3.80. The van der Waals surface area contributed by atoms with Gasteiger partial charge in [-0.1, -0.05) is 0 Å². The fraction of sp³-hybridized carbons (Fsp3) is 0.412. The zero-order valence-electron chi connectivity index (χ0n) is 13.2. The number of ether oxygens (including phenoxy) is 2. The maximum absolute atomic E-state index is 12.1. The SMILES string of the molecule is CCOc1ccc(-c2cc(C(=O)NCC3CCCO3)[nH]n2)cc1. The molecule has 0 spiro atoms. The monoisotopic (exact) mass is 315 g/mol. The molecule has 1 atom stereocenters. The van der Waals surface area contributed by atoms with Crippen LogP contribution in [0, 0.1) is 0 Å². The molecule has 0 radical (unpaired) electrons. The number of hydrogen-bond donors (Lipinski definition) is 2. The van der Waals surface area contributed by atoms with Crippen LogP contribution in [0.3, 0.4) is 0 Å². The van der Waals surface area contributed by atoms with Crippen LogP contribution in [-0.4, -0.2) is 42.0 Å². The van der Waals surface area contributed by atoms with Crippen molar-refractivity contribution in [3.63, 3.8) is 0 Å². The molecule has 1 amide bonds. The van der Waals surface area contributed by atoms with Crippen LogP contribution in [0.5, 0.6) is 5.75 Å². The Kier molecular flexibility index (Phi) is 4.92. The van der Waals surface area contributed by atoms with Gasteiger partial charge < -0.3 is 14.8 Å². The van der Waals surface area contributed by atoms with E-state index >= 15 is 0 Å². The Balaban J connectivity index is 1.61. The molecule has 1 unspecified atom stereocenters. The summed E-state index contributed by atoms with van der Waals surface area (Å²) in [6, 6.07) is 9.39. The van der Waals surface area contributed by atoms with Gasteiger partial charge >= 0.3 is 0 Å². The van der Waals surface area contributed by atoms with Gasteiger partial charge in [0.05, 0.1) is 18.4 Å². The van der Waals surface area contributed by atoms with Gasteiger partial charge in [-0.25, -0.2) is 0 Å². The van der Waals surface area contributed by atoms with Crippen LogP contribution in [0.25, 0.3) is 11.3 Å². The first-order valence-corrected chi connectivity index (χ1v) is 7.94. The standard InChI is InChI=1S/C17H21N3O3/c1-2-22-13-7-5-12(6-8-13)15-10-16(20-19-15)17(21)18-11-14-4-3-9-23-14/h5-8,10,14H,2-4,9,11H2,1H3,(H,18,21)(H,19,20). The number of hydrogen-bond acceptors (Lipinski definition) is 4. The van der Waals surface area contributed by atoms with E-state index in [1.165, 1.54) is 0 Å². The van der Waals surface area contributed by atoms with E-state index in [2.05, 4.69) is 15.5 Å². The third kappa shape index (κ3) is 3.90. The number of benzene rings is 1. The van der Waals surface area contributed by atoms with Crippen LogP contribution in [0.15, 0.2) is 30.3 Å². The summed E-state index contributed by atoms with van der Waals surface area (Å²) in [7, 11) is 0. The summed E-state index contributed by atoms with van der Waals surface area (Å²) in [6.07, 6.45) is 2.19. The Hall–Kier alpha value is -2.34. The Morgan fingerprint density at radius 3 is 2.96 bits per heavy atom. The predicted octanol–water partition coefficient (Wildman–Crippen LogP) is 2.38. The molecular weight excluding hydrogens is 294 g/mol. The molecule has 1 aliphatic rings.